The average molecular weight is 265 g/mol. The summed E-state index contributed by atoms with van der Waals surface area (Å²) in [5, 5.41) is 5.80. The first-order valence-corrected chi connectivity index (χ1v) is 6.18. The first-order chi connectivity index (χ1) is 9.06. The van der Waals surface area contributed by atoms with E-state index in [9.17, 15) is 8.78 Å². The smallest absolute Gasteiger partial charge is 0.149 e. The van der Waals surface area contributed by atoms with Crippen LogP contribution in [0.2, 0.25) is 0 Å². The Balaban J connectivity index is 2.01. The van der Waals surface area contributed by atoms with Crippen molar-refractivity contribution in [3.63, 3.8) is 0 Å². The van der Waals surface area contributed by atoms with E-state index in [0.717, 1.165) is 5.70 Å². The number of halogens is 2. The quantitative estimate of drug-likeness (QED) is 0.717. The molecule has 0 aliphatic heterocycles. The van der Waals surface area contributed by atoms with Crippen LogP contribution in [0.1, 0.15) is 19.8 Å². The van der Waals surface area contributed by atoms with Gasteiger partial charge in [0.15, 0.2) is 0 Å². The van der Waals surface area contributed by atoms with Crippen molar-refractivity contribution in [2.75, 3.05) is 5.32 Å². The standard InChI is InChI=1S/C14H17F2N3/c1-9(18-10-6-7-10)5-8-13(17)19-14-11(15)3-2-4-12(14)16/h2-5,8,10,18-19H,6-7,17H2,1H3/b9-5+,13-8+. The summed E-state index contributed by atoms with van der Waals surface area (Å²) >= 11 is 0. The fourth-order valence-electron chi connectivity index (χ4n) is 1.62. The van der Waals surface area contributed by atoms with Crippen LogP contribution in [0.15, 0.2) is 41.9 Å². The van der Waals surface area contributed by atoms with Crippen molar-refractivity contribution in [3.05, 3.63) is 53.5 Å². The Kier molecular flexibility index (Phi) is 4.04. The number of allylic oxidation sites excluding steroid dienone is 3. The van der Waals surface area contributed by atoms with Crippen LogP contribution >= 0.6 is 0 Å². The second-order valence-electron chi connectivity index (χ2n) is 4.61. The third-order valence-corrected chi connectivity index (χ3v) is 2.75. The summed E-state index contributed by atoms with van der Waals surface area (Å²) in [5.41, 5.74) is 6.42. The highest BCUT2D eigenvalue weighted by Crippen LogP contribution is 2.20. The second-order valence-corrected chi connectivity index (χ2v) is 4.61. The molecule has 1 aliphatic carbocycles. The molecule has 1 aromatic carbocycles. The third-order valence-electron chi connectivity index (χ3n) is 2.75. The van der Waals surface area contributed by atoms with E-state index in [1.165, 1.54) is 31.0 Å². The molecule has 0 unspecified atom stereocenters. The Morgan fingerprint density at radius 2 is 1.89 bits per heavy atom. The minimum atomic E-state index is -0.673. The van der Waals surface area contributed by atoms with Crippen LogP contribution in [-0.2, 0) is 0 Å². The van der Waals surface area contributed by atoms with Crippen LogP contribution in [0.5, 0.6) is 0 Å². The van der Waals surface area contributed by atoms with Crippen molar-refractivity contribution >= 4 is 5.69 Å². The zero-order valence-electron chi connectivity index (χ0n) is 10.7. The molecular formula is C14H17F2N3. The lowest BCUT2D eigenvalue weighted by atomic mass is 10.3. The van der Waals surface area contributed by atoms with Crippen LogP contribution in [0.3, 0.4) is 0 Å². The maximum absolute atomic E-state index is 13.4. The number of para-hydroxylation sites is 1. The lowest BCUT2D eigenvalue weighted by Crippen LogP contribution is -2.14. The fourth-order valence-corrected chi connectivity index (χ4v) is 1.62. The lowest BCUT2D eigenvalue weighted by Gasteiger charge is -2.08. The minimum absolute atomic E-state index is 0.181. The Labute approximate surface area is 111 Å². The Hall–Kier alpha value is -2.04. The molecule has 0 saturated heterocycles. The van der Waals surface area contributed by atoms with Gasteiger partial charge < -0.3 is 16.4 Å². The summed E-state index contributed by atoms with van der Waals surface area (Å²) in [7, 11) is 0. The van der Waals surface area contributed by atoms with Crippen molar-refractivity contribution in [1.82, 2.24) is 5.32 Å². The van der Waals surface area contributed by atoms with E-state index in [1.54, 1.807) is 12.2 Å². The van der Waals surface area contributed by atoms with Gasteiger partial charge in [-0.3, -0.25) is 0 Å². The largest absolute Gasteiger partial charge is 0.386 e. The summed E-state index contributed by atoms with van der Waals surface area (Å²) in [6.45, 7) is 1.92. The molecule has 3 nitrogen and oxygen atoms in total. The molecule has 0 atom stereocenters. The van der Waals surface area contributed by atoms with Crippen LogP contribution < -0.4 is 16.4 Å². The Morgan fingerprint density at radius 3 is 2.47 bits per heavy atom. The molecule has 0 amide bonds. The summed E-state index contributed by atoms with van der Waals surface area (Å²) in [5.74, 6) is -1.16. The normalized spacial score (nSPS) is 16.4. The van der Waals surface area contributed by atoms with E-state index < -0.39 is 11.6 Å². The maximum Gasteiger partial charge on any atom is 0.149 e. The lowest BCUT2D eigenvalue weighted by molar-refractivity contribution is 0.590. The predicted octanol–water partition coefficient (Wildman–Crippen LogP) is 2.83. The average Bonchev–Trinajstić information content (AvgIpc) is 3.15. The van der Waals surface area contributed by atoms with Gasteiger partial charge in [-0.2, -0.15) is 0 Å². The van der Waals surface area contributed by atoms with Gasteiger partial charge >= 0.3 is 0 Å². The molecule has 1 aromatic rings. The van der Waals surface area contributed by atoms with Gasteiger partial charge in [-0.15, -0.1) is 0 Å². The van der Waals surface area contributed by atoms with Gasteiger partial charge in [-0.1, -0.05) is 6.07 Å². The number of anilines is 1. The third kappa shape index (κ3) is 3.98. The second kappa shape index (κ2) is 5.73. The van der Waals surface area contributed by atoms with E-state index in [-0.39, 0.29) is 11.5 Å². The van der Waals surface area contributed by atoms with Gasteiger partial charge in [0.05, 0.1) is 0 Å². The van der Waals surface area contributed by atoms with Gasteiger partial charge in [0.1, 0.15) is 23.1 Å². The van der Waals surface area contributed by atoms with Crippen molar-refractivity contribution in [2.24, 2.45) is 5.73 Å². The van der Waals surface area contributed by atoms with Gasteiger partial charge in [0, 0.05) is 11.7 Å². The zero-order valence-corrected chi connectivity index (χ0v) is 10.7. The van der Waals surface area contributed by atoms with E-state index in [1.807, 2.05) is 6.92 Å². The van der Waals surface area contributed by atoms with Gasteiger partial charge in [-0.05, 0) is 44.1 Å². The fraction of sp³-hybridized carbons (Fsp3) is 0.286. The summed E-state index contributed by atoms with van der Waals surface area (Å²) in [4.78, 5) is 0. The van der Waals surface area contributed by atoms with Crippen molar-refractivity contribution in [2.45, 2.75) is 25.8 Å². The van der Waals surface area contributed by atoms with E-state index in [4.69, 9.17) is 5.73 Å². The minimum Gasteiger partial charge on any atom is -0.386 e. The van der Waals surface area contributed by atoms with Gasteiger partial charge in [0.2, 0.25) is 0 Å². The number of hydrogen-bond acceptors (Lipinski definition) is 3. The highest BCUT2D eigenvalue weighted by atomic mass is 19.1. The molecule has 0 aromatic heterocycles. The van der Waals surface area contributed by atoms with Crippen LogP contribution in [-0.4, -0.2) is 6.04 Å². The number of hydrogen-bond donors (Lipinski definition) is 3. The molecule has 19 heavy (non-hydrogen) atoms. The topological polar surface area (TPSA) is 50.1 Å². The summed E-state index contributed by atoms with van der Waals surface area (Å²) in [6.07, 6.45) is 5.72. The zero-order chi connectivity index (χ0) is 13.8. The first kappa shape index (κ1) is 13.4. The van der Waals surface area contributed by atoms with E-state index >= 15 is 0 Å². The summed E-state index contributed by atoms with van der Waals surface area (Å²) in [6, 6.07) is 4.21. The first-order valence-electron chi connectivity index (χ1n) is 6.18. The molecule has 1 aliphatic rings. The summed E-state index contributed by atoms with van der Waals surface area (Å²) < 4.78 is 26.8. The van der Waals surface area contributed by atoms with E-state index in [0.29, 0.717) is 6.04 Å². The molecule has 1 saturated carbocycles. The molecule has 4 N–H and O–H groups in total. The molecule has 5 heteroatoms. The molecule has 0 heterocycles. The van der Waals surface area contributed by atoms with Crippen LogP contribution in [0, 0.1) is 11.6 Å². The monoisotopic (exact) mass is 265 g/mol. The van der Waals surface area contributed by atoms with E-state index in [2.05, 4.69) is 10.6 Å². The Morgan fingerprint density at radius 1 is 1.26 bits per heavy atom. The maximum atomic E-state index is 13.4. The molecule has 1 fully saturated rings. The molecule has 0 spiro atoms. The molecule has 0 bridgehead atoms. The number of benzene rings is 1. The molecule has 2 rings (SSSR count). The van der Waals surface area contributed by atoms with Crippen LogP contribution in [0.4, 0.5) is 14.5 Å². The highest BCUT2D eigenvalue weighted by Gasteiger charge is 2.20. The highest BCUT2D eigenvalue weighted by molar-refractivity contribution is 5.50. The number of nitrogens with two attached hydrogens (primary N) is 1. The SMILES string of the molecule is C/C(=C\C=C(/N)Nc1c(F)cccc1F)NC1CC1. The van der Waals surface area contributed by atoms with Crippen LogP contribution in [0.25, 0.3) is 0 Å². The molecule has 0 radical (unpaired) electrons. The molecule has 102 valence electrons. The van der Waals surface area contributed by atoms with Gasteiger partial charge in [-0.25, -0.2) is 8.78 Å². The van der Waals surface area contributed by atoms with Crippen molar-refractivity contribution in [3.8, 4) is 0 Å². The number of rotatable bonds is 5. The van der Waals surface area contributed by atoms with Gasteiger partial charge in [0.25, 0.3) is 0 Å². The van der Waals surface area contributed by atoms with Crippen molar-refractivity contribution in [1.29, 1.82) is 0 Å². The van der Waals surface area contributed by atoms with Crippen molar-refractivity contribution < 1.29 is 8.78 Å². The Bertz CT molecular complexity index is 499. The molecular weight excluding hydrogens is 248 g/mol. The number of nitrogens with one attached hydrogen (secondary N) is 2. The predicted molar refractivity (Wildman–Crippen MR) is 72.2 cm³/mol.